The lowest BCUT2D eigenvalue weighted by Crippen LogP contribution is -2.36. The van der Waals surface area contributed by atoms with Crippen LogP contribution in [-0.4, -0.2) is 54.8 Å². The van der Waals surface area contributed by atoms with Gasteiger partial charge in [-0.1, -0.05) is 6.07 Å². The molecule has 0 atom stereocenters. The van der Waals surface area contributed by atoms with E-state index in [2.05, 4.69) is 5.32 Å². The van der Waals surface area contributed by atoms with Crippen LogP contribution in [0.25, 0.3) is 6.08 Å². The molecule has 2 aromatic rings. The summed E-state index contributed by atoms with van der Waals surface area (Å²) in [5.41, 5.74) is 0.244. The number of anilines is 2. The molecule has 0 saturated carbocycles. The topological polar surface area (TPSA) is 92.1 Å². The van der Waals surface area contributed by atoms with Crippen LogP contribution in [0.1, 0.15) is 5.76 Å². The molecule has 3 amide bonds. The number of thioether (sulfide) groups is 1. The average Bonchev–Trinajstić information content (AvgIpc) is 3.29. The molecule has 2 fully saturated rings. The Morgan fingerprint density at radius 2 is 2.00 bits per heavy atom. The SMILES string of the molecule is O=C(CN1C(=O)S/C(=C/c2ccc(N3CCOCC3)o2)C1=O)Nc1cccc(F)c1. The Bertz CT molecular complexity index is 1020. The summed E-state index contributed by atoms with van der Waals surface area (Å²) in [5.74, 6) is -0.582. The number of ether oxygens (including phenoxy) is 1. The van der Waals surface area contributed by atoms with Crippen LogP contribution in [0.4, 0.5) is 20.8 Å². The third-order valence-electron chi connectivity index (χ3n) is 4.49. The fourth-order valence-electron chi connectivity index (χ4n) is 3.05. The van der Waals surface area contributed by atoms with Gasteiger partial charge in [-0.3, -0.25) is 19.3 Å². The maximum Gasteiger partial charge on any atom is 0.294 e. The second-order valence-electron chi connectivity index (χ2n) is 6.60. The number of furan rings is 1. The smallest absolute Gasteiger partial charge is 0.294 e. The van der Waals surface area contributed by atoms with Crippen LogP contribution in [0.2, 0.25) is 0 Å². The van der Waals surface area contributed by atoms with Gasteiger partial charge in [0.25, 0.3) is 11.1 Å². The normalized spacial score (nSPS) is 18.4. The predicted molar refractivity (Wildman–Crippen MR) is 109 cm³/mol. The lowest BCUT2D eigenvalue weighted by Gasteiger charge is -2.26. The number of rotatable bonds is 5. The van der Waals surface area contributed by atoms with Crippen LogP contribution in [0.3, 0.4) is 0 Å². The van der Waals surface area contributed by atoms with E-state index in [0.29, 0.717) is 37.9 Å². The number of nitrogens with one attached hydrogen (secondary N) is 1. The number of imide groups is 1. The Morgan fingerprint density at radius 3 is 2.77 bits per heavy atom. The molecule has 3 heterocycles. The van der Waals surface area contributed by atoms with Crippen LogP contribution >= 0.6 is 11.8 Å². The number of nitrogens with zero attached hydrogens (tertiary/aromatic N) is 2. The molecular weight excluding hydrogens is 413 g/mol. The van der Waals surface area contributed by atoms with Crippen molar-refractivity contribution in [1.82, 2.24) is 4.90 Å². The minimum Gasteiger partial charge on any atom is -0.441 e. The first-order chi connectivity index (χ1) is 14.5. The molecule has 1 N–H and O–H groups in total. The third kappa shape index (κ3) is 4.55. The first kappa shape index (κ1) is 20.2. The van der Waals surface area contributed by atoms with Gasteiger partial charge < -0.3 is 19.4 Å². The van der Waals surface area contributed by atoms with Gasteiger partial charge >= 0.3 is 0 Å². The van der Waals surface area contributed by atoms with Crippen molar-refractivity contribution in [2.75, 3.05) is 43.1 Å². The Morgan fingerprint density at radius 1 is 1.20 bits per heavy atom. The van der Waals surface area contributed by atoms with Crippen molar-refractivity contribution in [3.05, 3.63) is 52.9 Å². The largest absolute Gasteiger partial charge is 0.441 e. The molecule has 30 heavy (non-hydrogen) atoms. The number of halogens is 1. The minimum atomic E-state index is -0.600. The fourth-order valence-corrected chi connectivity index (χ4v) is 3.87. The number of hydrogen-bond donors (Lipinski definition) is 1. The van der Waals surface area contributed by atoms with Gasteiger partial charge in [-0.15, -0.1) is 0 Å². The highest BCUT2D eigenvalue weighted by atomic mass is 32.2. The molecule has 4 rings (SSSR count). The van der Waals surface area contributed by atoms with Crippen molar-refractivity contribution in [3.8, 4) is 0 Å². The number of hydrogen-bond acceptors (Lipinski definition) is 7. The van der Waals surface area contributed by atoms with Gasteiger partial charge in [-0.05, 0) is 36.0 Å². The minimum absolute atomic E-state index is 0.168. The van der Waals surface area contributed by atoms with Gasteiger partial charge in [0.05, 0.1) is 18.1 Å². The second kappa shape index (κ2) is 8.72. The highest BCUT2D eigenvalue weighted by molar-refractivity contribution is 8.18. The van der Waals surface area contributed by atoms with E-state index in [1.807, 2.05) is 4.90 Å². The zero-order chi connectivity index (χ0) is 21.1. The van der Waals surface area contributed by atoms with Gasteiger partial charge in [0.2, 0.25) is 5.91 Å². The van der Waals surface area contributed by atoms with Crippen LogP contribution in [0.15, 0.2) is 45.7 Å². The zero-order valence-electron chi connectivity index (χ0n) is 15.8. The second-order valence-corrected chi connectivity index (χ2v) is 7.59. The maximum atomic E-state index is 13.2. The van der Waals surface area contributed by atoms with E-state index in [-0.39, 0.29) is 10.6 Å². The van der Waals surface area contributed by atoms with Crippen LogP contribution in [0.5, 0.6) is 0 Å². The predicted octanol–water partition coefficient (Wildman–Crippen LogP) is 2.93. The van der Waals surface area contributed by atoms with Gasteiger partial charge in [0, 0.05) is 30.9 Å². The molecule has 0 unspecified atom stereocenters. The molecule has 156 valence electrons. The van der Waals surface area contributed by atoms with Crippen LogP contribution in [0, 0.1) is 5.82 Å². The van der Waals surface area contributed by atoms with E-state index < -0.39 is 29.4 Å². The van der Waals surface area contributed by atoms with Gasteiger partial charge in [0.15, 0.2) is 5.88 Å². The summed E-state index contributed by atoms with van der Waals surface area (Å²) in [5, 5.41) is 1.91. The highest BCUT2D eigenvalue weighted by Crippen LogP contribution is 2.33. The van der Waals surface area contributed by atoms with Gasteiger partial charge in [0.1, 0.15) is 18.1 Å². The Balaban J connectivity index is 1.41. The van der Waals surface area contributed by atoms with Gasteiger partial charge in [-0.2, -0.15) is 0 Å². The molecule has 2 aliphatic rings. The van der Waals surface area contributed by atoms with Crippen LogP contribution in [-0.2, 0) is 14.3 Å². The first-order valence-corrected chi connectivity index (χ1v) is 10.0. The van der Waals surface area contributed by atoms with E-state index in [0.717, 1.165) is 22.7 Å². The molecule has 8 nitrogen and oxygen atoms in total. The van der Waals surface area contributed by atoms with Crippen molar-refractivity contribution in [1.29, 1.82) is 0 Å². The first-order valence-electron chi connectivity index (χ1n) is 9.23. The maximum absolute atomic E-state index is 13.2. The molecule has 0 radical (unpaired) electrons. The van der Waals surface area contributed by atoms with Crippen molar-refractivity contribution >= 4 is 46.5 Å². The summed E-state index contributed by atoms with van der Waals surface area (Å²) in [6, 6.07) is 8.87. The number of morpholine rings is 1. The van der Waals surface area contributed by atoms with E-state index >= 15 is 0 Å². The molecule has 2 saturated heterocycles. The average molecular weight is 431 g/mol. The molecule has 10 heteroatoms. The van der Waals surface area contributed by atoms with Crippen molar-refractivity contribution in [2.45, 2.75) is 0 Å². The number of carbonyl (C=O) groups is 3. The van der Waals surface area contributed by atoms with E-state index in [1.54, 1.807) is 12.1 Å². The number of carbonyl (C=O) groups excluding carboxylic acids is 3. The highest BCUT2D eigenvalue weighted by Gasteiger charge is 2.36. The Labute approximate surface area is 175 Å². The molecule has 1 aromatic carbocycles. The summed E-state index contributed by atoms with van der Waals surface area (Å²) in [6.07, 6.45) is 1.49. The van der Waals surface area contributed by atoms with E-state index in [1.165, 1.54) is 24.3 Å². The molecule has 1 aromatic heterocycles. The monoisotopic (exact) mass is 431 g/mol. The zero-order valence-corrected chi connectivity index (χ0v) is 16.6. The summed E-state index contributed by atoms with van der Waals surface area (Å²) in [4.78, 5) is 40.0. The molecule has 0 bridgehead atoms. The Kier molecular flexibility index (Phi) is 5.86. The summed E-state index contributed by atoms with van der Waals surface area (Å²) in [6.45, 7) is 2.20. The molecular formula is C20H18FN3O5S. The summed E-state index contributed by atoms with van der Waals surface area (Å²) < 4.78 is 24.3. The molecule has 0 aliphatic carbocycles. The quantitative estimate of drug-likeness (QED) is 0.728. The van der Waals surface area contributed by atoms with Crippen molar-refractivity contribution in [2.24, 2.45) is 0 Å². The van der Waals surface area contributed by atoms with Gasteiger partial charge in [-0.25, -0.2) is 4.39 Å². The Hall–Kier alpha value is -3.11. The van der Waals surface area contributed by atoms with E-state index in [9.17, 15) is 18.8 Å². The number of benzene rings is 1. The van der Waals surface area contributed by atoms with Crippen LogP contribution < -0.4 is 10.2 Å². The van der Waals surface area contributed by atoms with Crippen molar-refractivity contribution < 1.29 is 27.9 Å². The molecule has 2 aliphatic heterocycles. The summed E-state index contributed by atoms with van der Waals surface area (Å²) in [7, 11) is 0. The summed E-state index contributed by atoms with van der Waals surface area (Å²) >= 11 is 0.737. The molecule has 0 spiro atoms. The van der Waals surface area contributed by atoms with E-state index in [4.69, 9.17) is 9.15 Å². The lowest BCUT2D eigenvalue weighted by atomic mass is 10.3. The van der Waals surface area contributed by atoms with Crippen molar-refractivity contribution in [3.63, 3.8) is 0 Å². The lowest BCUT2D eigenvalue weighted by molar-refractivity contribution is -0.127. The number of amides is 3. The standard InChI is InChI=1S/C20H18FN3O5S/c21-13-2-1-3-14(10-13)22-17(25)12-24-19(26)16(30-20(24)27)11-15-4-5-18(29-15)23-6-8-28-9-7-23/h1-5,10-11H,6-9,12H2,(H,22,25)/b16-11+. The fraction of sp³-hybridized carbons (Fsp3) is 0.250. The third-order valence-corrected chi connectivity index (χ3v) is 5.40.